The van der Waals surface area contributed by atoms with Gasteiger partial charge in [0.15, 0.2) is 29.1 Å². The average molecular weight is 308 g/mol. The molecule has 0 unspecified atom stereocenters. The Morgan fingerprint density at radius 1 is 0.667 bits per heavy atom. The first-order chi connectivity index (χ1) is 9.77. The van der Waals surface area contributed by atoms with Crippen LogP contribution in [0.3, 0.4) is 0 Å². The van der Waals surface area contributed by atoms with Crippen molar-refractivity contribution in [1.82, 2.24) is 0 Å². The predicted molar refractivity (Wildman–Crippen MR) is 65.0 cm³/mol. The lowest BCUT2D eigenvalue weighted by atomic mass is 9.84. The van der Waals surface area contributed by atoms with Gasteiger partial charge in [-0.25, -0.2) is 22.0 Å². The number of aryl methyl sites for hydroxylation is 1. The Bertz CT molecular complexity index is 585. The molecule has 0 spiro atoms. The molecule has 0 saturated carbocycles. The van der Waals surface area contributed by atoms with E-state index in [1.165, 1.54) is 5.56 Å². The SMILES string of the molecule is Cc1ccccc1.FB(F)c1c(F)c(F)c(F)c(F)c1F. The molecular formula is C13H8BF7. The maximum atomic E-state index is 12.5. The predicted octanol–water partition coefficient (Wildman–Crippen LogP) is 4.01. The minimum atomic E-state index is -3.76. The minimum Gasteiger partial charge on any atom is -0.281 e. The van der Waals surface area contributed by atoms with Gasteiger partial charge in [-0.3, -0.25) is 8.63 Å². The zero-order chi connectivity index (χ0) is 16.2. The molecule has 0 atom stereocenters. The molecule has 0 radical (unpaired) electrons. The molecule has 0 aliphatic rings. The largest absolute Gasteiger partial charge is 0.578 e. The van der Waals surface area contributed by atoms with Crippen LogP contribution in [-0.4, -0.2) is 7.27 Å². The van der Waals surface area contributed by atoms with E-state index in [0.717, 1.165) is 0 Å². The van der Waals surface area contributed by atoms with Gasteiger partial charge in [0.25, 0.3) is 0 Å². The Kier molecular flexibility index (Phi) is 5.81. The number of rotatable bonds is 1. The van der Waals surface area contributed by atoms with Crippen LogP contribution in [0.25, 0.3) is 0 Å². The molecule has 0 saturated heterocycles. The molecule has 2 rings (SSSR count). The van der Waals surface area contributed by atoms with E-state index in [2.05, 4.69) is 19.1 Å². The second-order valence-corrected chi connectivity index (χ2v) is 3.94. The molecule has 0 nitrogen and oxygen atoms in total. The van der Waals surface area contributed by atoms with Crippen molar-refractivity contribution in [2.75, 3.05) is 0 Å². The van der Waals surface area contributed by atoms with E-state index in [4.69, 9.17) is 0 Å². The number of halogens is 7. The lowest BCUT2D eigenvalue weighted by molar-refractivity contribution is 0.382. The van der Waals surface area contributed by atoms with Gasteiger partial charge in [0.2, 0.25) is 0 Å². The lowest BCUT2D eigenvalue weighted by Gasteiger charge is -2.04. The molecule has 0 aromatic heterocycles. The monoisotopic (exact) mass is 308 g/mol. The highest BCUT2D eigenvalue weighted by atomic mass is 19.2. The van der Waals surface area contributed by atoms with Crippen molar-refractivity contribution >= 4 is 12.7 Å². The van der Waals surface area contributed by atoms with Crippen LogP contribution >= 0.6 is 0 Å². The van der Waals surface area contributed by atoms with Gasteiger partial charge in [0.05, 0.1) is 5.46 Å². The van der Waals surface area contributed by atoms with Gasteiger partial charge in [-0.2, -0.15) is 0 Å². The third-order valence-corrected chi connectivity index (χ3v) is 2.40. The van der Waals surface area contributed by atoms with Crippen LogP contribution in [0.15, 0.2) is 30.3 Å². The van der Waals surface area contributed by atoms with Crippen LogP contribution < -0.4 is 5.46 Å². The quantitative estimate of drug-likeness (QED) is 0.323. The van der Waals surface area contributed by atoms with Gasteiger partial charge in [-0.05, 0) is 6.92 Å². The summed E-state index contributed by atoms with van der Waals surface area (Å²) in [7, 11) is -3.76. The van der Waals surface area contributed by atoms with Crippen molar-refractivity contribution < 1.29 is 30.6 Å². The Morgan fingerprint density at radius 2 is 1.05 bits per heavy atom. The van der Waals surface area contributed by atoms with Gasteiger partial charge < -0.3 is 0 Å². The average Bonchev–Trinajstić information content (AvgIpc) is 2.44. The molecule has 0 aliphatic heterocycles. The molecular weight excluding hydrogens is 300 g/mol. The maximum absolute atomic E-state index is 12.5. The zero-order valence-electron chi connectivity index (χ0n) is 10.6. The first-order valence-corrected chi connectivity index (χ1v) is 5.58. The van der Waals surface area contributed by atoms with Crippen LogP contribution in [0.1, 0.15) is 5.56 Å². The van der Waals surface area contributed by atoms with Crippen molar-refractivity contribution in [3.05, 3.63) is 65.0 Å². The van der Waals surface area contributed by atoms with Gasteiger partial charge in [-0.15, -0.1) is 0 Å². The van der Waals surface area contributed by atoms with Crippen molar-refractivity contribution in [3.63, 3.8) is 0 Å². The number of hydrogen-bond acceptors (Lipinski definition) is 0. The second-order valence-electron chi connectivity index (χ2n) is 3.94. The van der Waals surface area contributed by atoms with E-state index >= 15 is 0 Å². The summed E-state index contributed by atoms with van der Waals surface area (Å²) in [5.41, 5.74) is -0.788. The van der Waals surface area contributed by atoms with Gasteiger partial charge in [0, 0.05) is 0 Å². The molecule has 21 heavy (non-hydrogen) atoms. The Labute approximate surface area is 116 Å². The second kappa shape index (κ2) is 7.15. The number of hydrogen-bond donors (Lipinski definition) is 0. The van der Waals surface area contributed by atoms with E-state index in [1.54, 1.807) is 0 Å². The summed E-state index contributed by atoms with van der Waals surface area (Å²) in [5.74, 6) is -12.2. The van der Waals surface area contributed by atoms with Crippen LogP contribution in [-0.2, 0) is 0 Å². The fraction of sp³-hybridized carbons (Fsp3) is 0.0769. The molecule has 2 aromatic carbocycles. The summed E-state index contributed by atoms with van der Waals surface area (Å²) < 4.78 is 85.4. The van der Waals surface area contributed by atoms with E-state index in [0.29, 0.717) is 0 Å². The topological polar surface area (TPSA) is 0 Å². The van der Waals surface area contributed by atoms with E-state index in [-0.39, 0.29) is 0 Å². The van der Waals surface area contributed by atoms with Crippen molar-refractivity contribution in [2.45, 2.75) is 6.92 Å². The van der Waals surface area contributed by atoms with Gasteiger partial charge in [0.1, 0.15) is 0 Å². The van der Waals surface area contributed by atoms with Crippen LogP contribution in [0.4, 0.5) is 30.6 Å². The van der Waals surface area contributed by atoms with Crippen molar-refractivity contribution in [1.29, 1.82) is 0 Å². The third kappa shape index (κ3) is 3.99. The summed E-state index contributed by atoms with van der Waals surface area (Å²) in [6, 6.07) is 10.3. The van der Waals surface area contributed by atoms with Crippen molar-refractivity contribution in [3.8, 4) is 0 Å². The van der Waals surface area contributed by atoms with E-state index < -0.39 is 41.8 Å². The first kappa shape index (κ1) is 17.1. The molecule has 2 aromatic rings. The summed E-state index contributed by atoms with van der Waals surface area (Å²) in [4.78, 5) is 0. The zero-order valence-corrected chi connectivity index (χ0v) is 10.6. The van der Waals surface area contributed by atoms with Crippen molar-refractivity contribution in [2.24, 2.45) is 0 Å². The van der Waals surface area contributed by atoms with Gasteiger partial charge >= 0.3 is 7.27 Å². The summed E-state index contributed by atoms with van der Waals surface area (Å²) >= 11 is 0. The molecule has 0 heterocycles. The molecule has 0 fully saturated rings. The summed E-state index contributed by atoms with van der Waals surface area (Å²) in [6.07, 6.45) is 0. The Hall–Kier alpha value is -1.99. The Morgan fingerprint density at radius 3 is 1.33 bits per heavy atom. The van der Waals surface area contributed by atoms with Crippen LogP contribution in [0.5, 0.6) is 0 Å². The van der Waals surface area contributed by atoms with Crippen LogP contribution in [0.2, 0.25) is 0 Å². The highest BCUT2D eigenvalue weighted by molar-refractivity contribution is 6.60. The molecule has 8 heteroatoms. The van der Waals surface area contributed by atoms with Crippen LogP contribution in [0, 0.1) is 36.0 Å². The summed E-state index contributed by atoms with van der Waals surface area (Å²) in [5, 5.41) is 0. The highest BCUT2D eigenvalue weighted by Crippen LogP contribution is 2.17. The molecule has 0 bridgehead atoms. The highest BCUT2D eigenvalue weighted by Gasteiger charge is 2.33. The fourth-order valence-corrected chi connectivity index (χ4v) is 1.35. The smallest absolute Gasteiger partial charge is 0.281 e. The summed E-state index contributed by atoms with van der Waals surface area (Å²) in [6.45, 7) is 2.08. The third-order valence-electron chi connectivity index (χ3n) is 2.40. The van der Waals surface area contributed by atoms with Gasteiger partial charge in [-0.1, -0.05) is 35.9 Å². The normalized spacial score (nSPS) is 9.90. The first-order valence-electron chi connectivity index (χ1n) is 5.58. The molecule has 0 aliphatic carbocycles. The maximum Gasteiger partial charge on any atom is 0.578 e. The molecule has 0 N–H and O–H groups in total. The lowest BCUT2D eigenvalue weighted by Crippen LogP contribution is -2.31. The minimum absolute atomic E-state index is 1.32. The fourth-order valence-electron chi connectivity index (χ4n) is 1.35. The number of benzene rings is 2. The van der Waals surface area contributed by atoms with E-state index in [1.807, 2.05) is 18.2 Å². The molecule has 112 valence electrons. The standard InChI is InChI=1S/C7H8.C6BF7/c1-7-5-3-2-4-6-7;8-2-1(7(13)14)3(9)5(11)6(12)4(2)10/h2-6H,1H3;. The molecule has 0 amide bonds. The van der Waals surface area contributed by atoms with E-state index in [9.17, 15) is 30.6 Å². The Balaban J connectivity index is 0.000000262.